The fraction of sp³-hybridized carbons (Fsp3) is 0.600. The molecular formula is C10H18N4O2S2. The molecule has 3 N–H and O–H groups in total. The minimum Gasteiger partial charge on any atom is -0.393 e. The molecule has 0 aliphatic carbocycles. The van der Waals surface area contributed by atoms with Crippen molar-refractivity contribution in [1.82, 2.24) is 14.3 Å². The zero-order chi connectivity index (χ0) is 13.8. The lowest BCUT2D eigenvalue weighted by Gasteiger charge is -2.18. The van der Waals surface area contributed by atoms with Crippen LogP contribution < -0.4 is 5.73 Å². The van der Waals surface area contributed by atoms with Crippen molar-refractivity contribution in [2.24, 2.45) is 5.73 Å². The van der Waals surface area contributed by atoms with Crippen molar-refractivity contribution in [2.75, 3.05) is 13.1 Å². The maximum absolute atomic E-state index is 12.3. The quantitative estimate of drug-likeness (QED) is 0.720. The summed E-state index contributed by atoms with van der Waals surface area (Å²) in [5.41, 5.74) is 5.39. The number of imidazole rings is 1. The second-order valence-electron chi connectivity index (χ2n) is 3.76. The molecular weight excluding hydrogens is 272 g/mol. The SMILES string of the molecule is CCc1ncc(S(=O)(=O)N(CC)CCC(N)=S)[nH]1. The summed E-state index contributed by atoms with van der Waals surface area (Å²) >= 11 is 4.76. The van der Waals surface area contributed by atoms with Crippen LogP contribution in [0.3, 0.4) is 0 Å². The normalized spacial score (nSPS) is 11.9. The fourth-order valence-corrected chi connectivity index (χ4v) is 2.95. The lowest BCUT2D eigenvalue weighted by Crippen LogP contribution is -2.33. The lowest BCUT2D eigenvalue weighted by molar-refractivity contribution is 0.435. The van der Waals surface area contributed by atoms with E-state index in [1.807, 2.05) is 6.92 Å². The maximum atomic E-state index is 12.3. The lowest BCUT2D eigenvalue weighted by atomic mass is 10.4. The fourth-order valence-electron chi connectivity index (χ4n) is 1.48. The molecule has 1 aromatic rings. The number of aromatic nitrogens is 2. The summed E-state index contributed by atoms with van der Waals surface area (Å²) in [6.07, 6.45) is 2.38. The molecule has 0 spiro atoms. The monoisotopic (exact) mass is 290 g/mol. The maximum Gasteiger partial charge on any atom is 0.260 e. The molecule has 1 heterocycles. The van der Waals surface area contributed by atoms with Gasteiger partial charge in [-0.2, -0.15) is 4.31 Å². The Kier molecular flexibility index (Phi) is 5.24. The summed E-state index contributed by atoms with van der Waals surface area (Å²) in [6.45, 7) is 4.33. The van der Waals surface area contributed by atoms with Gasteiger partial charge in [0.2, 0.25) is 0 Å². The highest BCUT2D eigenvalue weighted by Gasteiger charge is 2.24. The number of aromatic amines is 1. The summed E-state index contributed by atoms with van der Waals surface area (Å²) in [5, 5.41) is 0.115. The van der Waals surface area contributed by atoms with Crippen molar-refractivity contribution in [3.63, 3.8) is 0 Å². The van der Waals surface area contributed by atoms with Gasteiger partial charge in [-0.15, -0.1) is 0 Å². The number of nitrogens with two attached hydrogens (primary N) is 1. The number of hydrogen-bond acceptors (Lipinski definition) is 4. The van der Waals surface area contributed by atoms with Crippen molar-refractivity contribution < 1.29 is 8.42 Å². The van der Waals surface area contributed by atoms with Gasteiger partial charge in [-0.05, 0) is 0 Å². The number of thiocarbonyl (C=S) groups is 1. The van der Waals surface area contributed by atoms with Gasteiger partial charge in [0.05, 0.1) is 11.2 Å². The molecule has 102 valence electrons. The Morgan fingerprint density at radius 2 is 2.22 bits per heavy atom. The average molecular weight is 290 g/mol. The third kappa shape index (κ3) is 3.50. The van der Waals surface area contributed by atoms with Gasteiger partial charge < -0.3 is 10.7 Å². The van der Waals surface area contributed by atoms with E-state index in [0.717, 1.165) is 0 Å². The first-order valence-electron chi connectivity index (χ1n) is 5.74. The Labute approximate surface area is 113 Å². The molecule has 1 aromatic heterocycles. The number of hydrogen-bond donors (Lipinski definition) is 2. The van der Waals surface area contributed by atoms with Crippen LogP contribution in [0.15, 0.2) is 11.2 Å². The highest BCUT2D eigenvalue weighted by atomic mass is 32.2. The smallest absolute Gasteiger partial charge is 0.260 e. The van der Waals surface area contributed by atoms with Crippen LogP contribution in [0.1, 0.15) is 26.1 Å². The van der Waals surface area contributed by atoms with Gasteiger partial charge in [-0.1, -0.05) is 26.1 Å². The number of nitrogens with one attached hydrogen (secondary N) is 1. The first kappa shape index (κ1) is 15.1. The molecule has 0 aliphatic rings. The molecule has 0 fully saturated rings. The van der Waals surface area contributed by atoms with Gasteiger partial charge in [0.25, 0.3) is 10.0 Å². The van der Waals surface area contributed by atoms with Gasteiger partial charge in [-0.25, -0.2) is 13.4 Å². The summed E-state index contributed by atoms with van der Waals surface area (Å²) in [6, 6.07) is 0. The Hall–Kier alpha value is -0.990. The number of rotatable bonds is 7. The van der Waals surface area contributed by atoms with E-state index in [2.05, 4.69) is 9.97 Å². The van der Waals surface area contributed by atoms with E-state index in [9.17, 15) is 8.42 Å². The minimum absolute atomic E-state index is 0.115. The Morgan fingerprint density at radius 3 is 2.67 bits per heavy atom. The molecule has 0 saturated carbocycles. The number of nitrogens with zero attached hydrogens (tertiary/aromatic N) is 2. The van der Waals surface area contributed by atoms with Crippen LogP contribution in [0.25, 0.3) is 0 Å². The van der Waals surface area contributed by atoms with E-state index in [1.54, 1.807) is 6.92 Å². The second-order valence-corrected chi connectivity index (χ2v) is 6.19. The van der Waals surface area contributed by atoms with E-state index < -0.39 is 10.0 Å². The van der Waals surface area contributed by atoms with E-state index in [4.69, 9.17) is 18.0 Å². The molecule has 8 heteroatoms. The van der Waals surface area contributed by atoms with Crippen molar-refractivity contribution in [1.29, 1.82) is 0 Å². The molecule has 0 atom stereocenters. The van der Waals surface area contributed by atoms with E-state index in [-0.39, 0.29) is 11.6 Å². The highest BCUT2D eigenvalue weighted by molar-refractivity contribution is 7.89. The standard InChI is InChI=1S/C10H18N4O2S2/c1-3-9-12-7-10(13-9)18(15,16)14(4-2)6-5-8(11)17/h7H,3-6H2,1-2H3,(H2,11,17)(H,12,13). The van der Waals surface area contributed by atoms with Gasteiger partial charge in [0, 0.05) is 25.9 Å². The van der Waals surface area contributed by atoms with Crippen LogP contribution in [0.5, 0.6) is 0 Å². The van der Waals surface area contributed by atoms with Crippen LogP contribution >= 0.6 is 12.2 Å². The van der Waals surface area contributed by atoms with E-state index >= 15 is 0 Å². The van der Waals surface area contributed by atoms with E-state index in [1.165, 1.54) is 10.5 Å². The van der Waals surface area contributed by atoms with Crippen molar-refractivity contribution in [2.45, 2.75) is 31.7 Å². The summed E-state index contributed by atoms with van der Waals surface area (Å²) in [7, 11) is -3.54. The summed E-state index contributed by atoms with van der Waals surface area (Å²) in [5.74, 6) is 0.652. The molecule has 0 amide bonds. The average Bonchev–Trinajstić information content (AvgIpc) is 2.78. The second kappa shape index (κ2) is 6.26. The molecule has 18 heavy (non-hydrogen) atoms. The molecule has 0 bridgehead atoms. The summed E-state index contributed by atoms with van der Waals surface area (Å²) in [4.78, 5) is 7.11. The zero-order valence-corrected chi connectivity index (χ0v) is 12.1. The van der Waals surface area contributed by atoms with Crippen LogP contribution in [0.4, 0.5) is 0 Å². The molecule has 0 saturated heterocycles. The largest absolute Gasteiger partial charge is 0.393 e. The van der Waals surface area contributed by atoms with Crippen LogP contribution in [0.2, 0.25) is 0 Å². The highest BCUT2D eigenvalue weighted by Crippen LogP contribution is 2.13. The van der Waals surface area contributed by atoms with Crippen molar-refractivity contribution >= 4 is 27.2 Å². The third-order valence-electron chi connectivity index (χ3n) is 2.52. The first-order chi connectivity index (χ1) is 8.41. The van der Waals surface area contributed by atoms with Gasteiger partial charge in [0.15, 0.2) is 5.03 Å². The zero-order valence-electron chi connectivity index (χ0n) is 10.5. The Bertz CT molecular complexity index is 510. The number of H-pyrrole nitrogens is 1. The summed E-state index contributed by atoms with van der Waals surface area (Å²) < 4.78 is 25.9. The molecule has 0 aliphatic heterocycles. The Balaban J connectivity index is 2.91. The van der Waals surface area contributed by atoms with Gasteiger partial charge >= 0.3 is 0 Å². The number of sulfonamides is 1. The molecule has 6 nitrogen and oxygen atoms in total. The first-order valence-corrected chi connectivity index (χ1v) is 7.59. The van der Waals surface area contributed by atoms with Crippen molar-refractivity contribution in [3.05, 3.63) is 12.0 Å². The molecule has 0 aromatic carbocycles. The van der Waals surface area contributed by atoms with Crippen LogP contribution in [-0.4, -0.2) is 40.8 Å². The molecule has 0 unspecified atom stereocenters. The van der Waals surface area contributed by atoms with Crippen molar-refractivity contribution in [3.8, 4) is 0 Å². The third-order valence-corrected chi connectivity index (χ3v) is 4.61. The predicted molar refractivity (Wildman–Crippen MR) is 73.8 cm³/mol. The Morgan fingerprint density at radius 1 is 1.56 bits per heavy atom. The van der Waals surface area contributed by atoms with Crippen LogP contribution in [-0.2, 0) is 16.4 Å². The predicted octanol–water partition coefficient (Wildman–Crippen LogP) is 0.659. The van der Waals surface area contributed by atoms with E-state index in [0.29, 0.717) is 30.2 Å². The topological polar surface area (TPSA) is 92.1 Å². The van der Waals surface area contributed by atoms with Gasteiger partial charge in [-0.3, -0.25) is 0 Å². The van der Waals surface area contributed by atoms with Gasteiger partial charge in [0.1, 0.15) is 5.82 Å². The number of aryl methyl sites for hydroxylation is 1. The van der Waals surface area contributed by atoms with Crippen LogP contribution in [0, 0.1) is 0 Å². The minimum atomic E-state index is -3.54. The molecule has 0 radical (unpaired) electrons. The molecule has 1 rings (SSSR count).